The first-order chi connectivity index (χ1) is 18.6. The summed E-state index contributed by atoms with van der Waals surface area (Å²) >= 11 is 0. The van der Waals surface area contributed by atoms with Crippen LogP contribution in [0.4, 0.5) is 20.2 Å². The van der Waals surface area contributed by atoms with Crippen molar-refractivity contribution in [3.8, 4) is 5.75 Å². The molecule has 0 spiro atoms. The zero-order chi connectivity index (χ0) is 31.4. The monoisotopic (exact) mass is 587 g/mol. The predicted octanol–water partition coefficient (Wildman–Crippen LogP) is 7.82. The lowest BCUT2D eigenvalue weighted by atomic mass is 10.2. The standard InChI is InChI=1S/C30H45N3O7Si/c1-28(2,3)38-26(36)32(19-21-14-12-16-23(18-21)40-41(10,11)30(7,8)9)20-22-15-13-17-24(31-22)33(25(34)35)27(37)39-29(4,5)6/h12-18H,19-20H2,1-11H3,(H,34,35). The average Bonchev–Trinajstić information content (AvgIpc) is 2.75. The summed E-state index contributed by atoms with van der Waals surface area (Å²) in [6, 6.07) is 12.2. The molecular formula is C30H45N3O7Si. The molecule has 0 radical (unpaired) electrons. The van der Waals surface area contributed by atoms with E-state index in [1.807, 2.05) is 24.3 Å². The molecule has 226 valence electrons. The topological polar surface area (TPSA) is 118 Å². The van der Waals surface area contributed by atoms with Gasteiger partial charge in [0.2, 0.25) is 8.32 Å². The Morgan fingerprint density at radius 1 is 0.829 bits per heavy atom. The number of pyridine rings is 1. The molecule has 10 nitrogen and oxygen atoms in total. The molecule has 0 aliphatic rings. The number of benzene rings is 1. The third-order valence-electron chi connectivity index (χ3n) is 6.24. The van der Waals surface area contributed by atoms with Crippen molar-refractivity contribution in [1.29, 1.82) is 0 Å². The van der Waals surface area contributed by atoms with Gasteiger partial charge < -0.3 is 19.0 Å². The Hall–Kier alpha value is -3.60. The normalized spacial score (nSPS) is 12.4. The highest BCUT2D eigenvalue weighted by molar-refractivity contribution is 6.74. The SMILES string of the molecule is CC(C)(C)OC(=O)N(Cc1cccc(O[Si](C)(C)C(C)(C)C)c1)Cc1cccc(N(C(=O)O)C(=O)OC(C)(C)C)n1. The number of anilines is 1. The molecule has 0 bridgehead atoms. The van der Waals surface area contributed by atoms with Gasteiger partial charge in [0.05, 0.1) is 12.2 Å². The van der Waals surface area contributed by atoms with Crippen molar-refractivity contribution in [1.82, 2.24) is 9.88 Å². The van der Waals surface area contributed by atoms with Crippen LogP contribution in [0.3, 0.4) is 0 Å². The van der Waals surface area contributed by atoms with Crippen molar-refractivity contribution in [2.45, 2.75) is 105 Å². The molecule has 41 heavy (non-hydrogen) atoms. The van der Waals surface area contributed by atoms with Crippen LogP contribution in [-0.2, 0) is 22.6 Å². The van der Waals surface area contributed by atoms with E-state index in [-0.39, 0.29) is 23.9 Å². The first kappa shape index (κ1) is 33.6. The highest BCUT2D eigenvalue weighted by atomic mass is 28.4. The third-order valence-corrected chi connectivity index (χ3v) is 10.6. The van der Waals surface area contributed by atoms with Gasteiger partial charge in [-0.1, -0.05) is 39.0 Å². The molecule has 0 atom stereocenters. The summed E-state index contributed by atoms with van der Waals surface area (Å²) in [6.07, 6.45) is -3.17. The highest BCUT2D eigenvalue weighted by Gasteiger charge is 2.39. The Balaban J connectivity index is 2.40. The van der Waals surface area contributed by atoms with Gasteiger partial charge in [0, 0.05) is 6.54 Å². The number of carbonyl (C=O) groups excluding carboxylic acids is 2. The molecule has 0 saturated carbocycles. The minimum atomic E-state index is -2.08. The summed E-state index contributed by atoms with van der Waals surface area (Å²) < 4.78 is 17.4. The van der Waals surface area contributed by atoms with Crippen LogP contribution in [0.1, 0.15) is 73.6 Å². The van der Waals surface area contributed by atoms with Crippen LogP contribution >= 0.6 is 0 Å². The Kier molecular flexibility index (Phi) is 10.2. The van der Waals surface area contributed by atoms with E-state index in [2.05, 4.69) is 38.8 Å². The fourth-order valence-corrected chi connectivity index (χ4v) is 4.36. The number of imide groups is 1. The number of carboxylic acid groups (broad SMARTS) is 1. The fourth-order valence-electron chi connectivity index (χ4n) is 3.34. The van der Waals surface area contributed by atoms with Crippen LogP contribution in [0.2, 0.25) is 18.1 Å². The van der Waals surface area contributed by atoms with E-state index in [4.69, 9.17) is 13.9 Å². The van der Waals surface area contributed by atoms with Crippen molar-refractivity contribution in [2.24, 2.45) is 0 Å². The van der Waals surface area contributed by atoms with Crippen LogP contribution in [-0.4, -0.2) is 52.8 Å². The second-order valence-corrected chi connectivity index (χ2v) is 18.2. The predicted molar refractivity (Wildman–Crippen MR) is 161 cm³/mol. The molecular weight excluding hydrogens is 542 g/mol. The lowest BCUT2D eigenvalue weighted by Gasteiger charge is -2.36. The van der Waals surface area contributed by atoms with Crippen molar-refractivity contribution in [3.05, 3.63) is 53.7 Å². The van der Waals surface area contributed by atoms with Gasteiger partial charge in [-0.2, -0.15) is 4.90 Å². The summed E-state index contributed by atoms with van der Waals surface area (Å²) in [5.74, 6) is 0.589. The summed E-state index contributed by atoms with van der Waals surface area (Å²) in [4.78, 5) is 44.1. The summed E-state index contributed by atoms with van der Waals surface area (Å²) in [5, 5.41) is 9.74. The maximum absolute atomic E-state index is 13.3. The largest absolute Gasteiger partial charge is 0.543 e. The summed E-state index contributed by atoms with van der Waals surface area (Å²) in [5.41, 5.74) is -0.464. The Bertz CT molecular complexity index is 1240. The van der Waals surface area contributed by atoms with Crippen LogP contribution in [0.5, 0.6) is 5.75 Å². The van der Waals surface area contributed by atoms with Crippen molar-refractivity contribution < 1.29 is 33.4 Å². The fraction of sp³-hybridized carbons (Fsp3) is 0.533. The zero-order valence-electron chi connectivity index (χ0n) is 26.2. The van der Waals surface area contributed by atoms with Gasteiger partial charge in [0.25, 0.3) is 0 Å². The molecule has 2 aromatic rings. The van der Waals surface area contributed by atoms with Crippen LogP contribution in [0.15, 0.2) is 42.5 Å². The van der Waals surface area contributed by atoms with Crippen molar-refractivity contribution >= 4 is 32.4 Å². The lowest BCUT2D eigenvalue weighted by Crippen LogP contribution is -2.43. The maximum Gasteiger partial charge on any atom is 0.425 e. The van der Waals surface area contributed by atoms with E-state index in [9.17, 15) is 19.5 Å². The van der Waals surface area contributed by atoms with Gasteiger partial charge in [0.1, 0.15) is 22.8 Å². The number of nitrogens with zero attached hydrogens (tertiary/aromatic N) is 3. The van der Waals surface area contributed by atoms with Gasteiger partial charge in [0.15, 0.2) is 0 Å². The molecule has 2 rings (SSSR count). The van der Waals surface area contributed by atoms with E-state index >= 15 is 0 Å². The van der Waals surface area contributed by atoms with E-state index in [0.29, 0.717) is 10.6 Å². The van der Waals surface area contributed by atoms with Crippen LogP contribution in [0, 0.1) is 0 Å². The number of carbonyl (C=O) groups is 3. The highest BCUT2D eigenvalue weighted by Crippen LogP contribution is 2.37. The van der Waals surface area contributed by atoms with Gasteiger partial charge in [-0.3, -0.25) is 4.90 Å². The molecule has 1 aromatic heterocycles. The van der Waals surface area contributed by atoms with E-state index < -0.39 is 37.8 Å². The lowest BCUT2D eigenvalue weighted by molar-refractivity contribution is 0.0213. The molecule has 11 heteroatoms. The molecule has 1 heterocycles. The van der Waals surface area contributed by atoms with Crippen molar-refractivity contribution in [3.63, 3.8) is 0 Å². The number of aromatic nitrogens is 1. The van der Waals surface area contributed by atoms with Crippen LogP contribution < -0.4 is 9.33 Å². The van der Waals surface area contributed by atoms with E-state index in [0.717, 1.165) is 11.3 Å². The molecule has 0 unspecified atom stereocenters. The van der Waals surface area contributed by atoms with Gasteiger partial charge in [-0.05, 0) is 89.5 Å². The maximum atomic E-state index is 13.3. The molecule has 0 fully saturated rings. The molecule has 3 amide bonds. The van der Waals surface area contributed by atoms with Crippen molar-refractivity contribution in [2.75, 3.05) is 4.90 Å². The molecule has 0 aliphatic heterocycles. The second-order valence-electron chi connectivity index (χ2n) is 13.4. The Morgan fingerprint density at radius 3 is 1.93 bits per heavy atom. The summed E-state index contributed by atoms with van der Waals surface area (Å²) in [7, 11) is -2.08. The number of rotatable bonds is 7. The Labute approximate surface area is 244 Å². The molecule has 1 aromatic carbocycles. The first-order valence-electron chi connectivity index (χ1n) is 13.6. The first-order valence-corrected chi connectivity index (χ1v) is 16.5. The number of amides is 3. The number of hydrogen-bond donors (Lipinski definition) is 1. The van der Waals surface area contributed by atoms with E-state index in [1.165, 1.54) is 11.0 Å². The minimum Gasteiger partial charge on any atom is -0.543 e. The minimum absolute atomic E-state index is 0.00213. The molecule has 0 aliphatic carbocycles. The van der Waals surface area contributed by atoms with Crippen LogP contribution in [0.25, 0.3) is 0 Å². The third kappa shape index (κ3) is 10.4. The molecule has 0 saturated heterocycles. The van der Waals surface area contributed by atoms with Gasteiger partial charge in [-0.15, -0.1) is 0 Å². The second kappa shape index (κ2) is 12.5. The zero-order valence-corrected chi connectivity index (χ0v) is 27.2. The van der Waals surface area contributed by atoms with E-state index in [1.54, 1.807) is 53.7 Å². The smallest absolute Gasteiger partial charge is 0.425 e. The summed E-state index contributed by atoms with van der Waals surface area (Å²) in [6.45, 7) is 21.3. The quantitative estimate of drug-likeness (QED) is 0.326. The Morgan fingerprint density at radius 2 is 1.39 bits per heavy atom. The van der Waals surface area contributed by atoms with Gasteiger partial charge >= 0.3 is 18.3 Å². The number of hydrogen-bond acceptors (Lipinski definition) is 7. The number of ether oxygens (including phenoxy) is 2. The van der Waals surface area contributed by atoms with Gasteiger partial charge in [-0.25, -0.2) is 19.4 Å². The molecule has 1 N–H and O–H groups in total. The average molecular weight is 588 g/mol.